The van der Waals surface area contributed by atoms with Crippen molar-refractivity contribution < 1.29 is 28.8 Å². The average Bonchev–Trinajstić information content (AvgIpc) is 2.92. The van der Waals surface area contributed by atoms with Crippen molar-refractivity contribution in [3.63, 3.8) is 0 Å². The fourth-order valence-corrected chi connectivity index (χ4v) is 4.60. The van der Waals surface area contributed by atoms with Crippen molar-refractivity contribution in [2.45, 2.75) is 46.1 Å². The van der Waals surface area contributed by atoms with Crippen molar-refractivity contribution >= 4 is 29.2 Å². The van der Waals surface area contributed by atoms with Crippen LogP contribution in [0.1, 0.15) is 56.2 Å². The van der Waals surface area contributed by atoms with E-state index in [9.17, 15) is 24.5 Å². The number of nitrogens with one attached hydrogen (secondary N) is 2. The van der Waals surface area contributed by atoms with E-state index in [-0.39, 0.29) is 36.0 Å². The summed E-state index contributed by atoms with van der Waals surface area (Å²) < 4.78 is 10.9. The van der Waals surface area contributed by atoms with Gasteiger partial charge in [0.25, 0.3) is 5.69 Å². The Morgan fingerprint density at radius 2 is 1.69 bits per heavy atom. The molecule has 2 aromatic carbocycles. The lowest BCUT2D eigenvalue weighted by Gasteiger charge is -2.30. The molecule has 0 fully saturated rings. The second-order valence-electron chi connectivity index (χ2n) is 9.07. The van der Waals surface area contributed by atoms with Gasteiger partial charge in [-0.15, -0.1) is 0 Å². The number of amides is 1. The number of benzene rings is 2. The summed E-state index contributed by atoms with van der Waals surface area (Å²) in [6.45, 7) is 5.12. The van der Waals surface area contributed by atoms with Gasteiger partial charge in [-0.25, -0.2) is 15.0 Å². The molecule has 11 heteroatoms. The van der Waals surface area contributed by atoms with Crippen LogP contribution >= 0.6 is 0 Å². The van der Waals surface area contributed by atoms with Gasteiger partial charge >= 0.3 is 11.9 Å². The van der Waals surface area contributed by atoms with Crippen LogP contribution in [-0.4, -0.2) is 35.1 Å². The molecule has 39 heavy (non-hydrogen) atoms. The van der Waals surface area contributed by atoms with Crippen LogP contribution < -0.4 is 10.7 Å². The molecule has 0 aliphatic carbocycles. The molecule has 11 nitrogen and oxygen atoms in total. The molecule has 0 saturated heterocycles. The van der Waals surface area contributed by atoms with Gasteiger partial charge < -0.3 is 14.8 Å². The van der Waals surface area contributed by atoms with Crippen LogP contribution in [-0.2, 0) is 30.5 Å². The van der Waals surface area contributed by atoms with Gasteiger partial charge in [0.15, 0.2) is 0 Å². The number of dihydropyridines is 1. The molecule has 4 rings (SSSR count). The third-order valence-corrected chi connectivity index (χ3v) is 6.45. The molecular weight excluding hydrogens is 504 g/mol. The number of hydrogen-bond acceptors (Lipinski definition) is 9. The normalized spacial score (nSPS) is 17.2. The number of carbonyl (C=O) groups excluding carboxylic acids is 3. The van der Waals surface area contributed by atoms with Crippen molar-refractivity contribution in [3.8, 4) is 0 Å². The van der Waals surface area contributed by atoms with Crippen LogP contribution in [0.15, 0.2) is 76.2 Å². The third kappa shape index (κ3) is 6.03. The van der Waals surface area contributed by atoms with Gasteiger partial charge in [-0.1, -0.05) is 36.4 Å². The number of nitro groups is 1. The number of ether oxygens (including phenoxy) is 2. The zero-order chi connectivity index (χ0) is 28.1. The topological polar surface area (TPSA) is 149 Å². The highest BCUT2D eigenvalue weighted by Crippen LogP contribution is 2.40. The minimum absolute atomic E-state index is 0.0435. The van der Waals surface area contributed by atoms with E-state index in [1.807, 2.05) is 12.1 Å². The van der Waals surface area contributed by atoms with Crippen molar-refractivity contribution in [2.24, 2.45) is 5.10 Å². The summed E-state index contributed by atoms with van der Waals surface area (Å²) in [4.78, 5) is 48.7. The number of allylic oxidation sites excluding steroid dienone is 2. The Morgan fingerprint density at radius 3 is 2.28 bits per heavy atom. The van der Waals surface area contributed by atoms with Crippen molar-refractivity contribution in [3.05, 3.63) is 97.9 Å². The van der Waals surface area contributed by atoms with Crippen molar-refractivity contribution in [1.82, 2.24) is 10.7 Å². The minimum atomic E-state index is -0.931. The van der Waals surface area contributed by atoms with Crippen molar-refractivity contribution in [2.75, 3.05) is 6.61 Å². The molecule has 1 unspecified atom stereocenters. The maximum atomic E-state index is 13.5. The van der Waals surface area contributed by atoms with Gasteiger partial charge in [0.2, 0.25) is 5.91 Å². The standard InChI is InChI=1S/C28H28N4O7/c1-4-38-27(34)24-16(2)29-17(3)25(26(24)20-6-5-7-21(14-20)32(36)37)28(35)39-15-18-8-10-19(11-9-18)22-12-13-23(33)31-30-22/h5-11,14,26,29H,4,12-13,15H2,1-3H3,(H,31,33). The van der Waals surface area contributed by atoms with Gasteiger partial charge in [0, 0.05) is 36.4 Å². The first-order chi connectivity index (χ1) is 18.7. The summed E-state index contributed by atoms with van der Waals surface area (Å²) in [7, 11) is 0. The van der Waals surface area contributed by atoms with E-state index in [2.05, 4.69) is 15.8 Å². The van der Waals surface area contributed by atoms with Crippen LogP contribution in [0.2, 0.25) is 0 Å². The first-order valence-electron chi connectivity index (χ1n) is 12.4. The monoisotopic (exact) mass is 532 g/mol. The molecule has 2 aliphatic heterocycles. The van der Waals surface area contributed by atoms with Gasteiger partial charge in [-0.05, 0) is 37.5 Å². The van der Waals surface area contributed by atoms with E-state index in [0.717, 1.165) is 16.8 Å². The largest absolute Gasteiger partial charge is 0.463 e. The number of non-ortho nitro benzene ring substituents is 1. The number of esters is 2. The molecule has 1 amide bonds. The summed E-state index contributed by atoms with van der Waals surface area (Å²) in [6, 6.07) is 13.1. The highest BCUT2D eigenvalue weighted by Gasteiger charge is 2.38. The van der Waals surface area contributed by atoms with Crippen LogP contribution in [0.25, 0.3) is 0 Å². The lowest BCUT2D eigenvalue weighted by molar-refractivity contribution is -0.384. The van der Waals surface area contributed by atoms with Gasteiger partial charge in [0.1, 0.15) is 6.61 Å². The van der Waals surface area contributed by atoms with E-state index >= 15 is 0 Å². The SMILES string of the molecule is CCOC(=O)C1=C(C)NC(C)=C(C(=O)OCc2ccc(C3=NNC(=O)CC3)cc2)C1c1cccc([N+](=O)[O-])c1. The predicted octanol–water partition coefficient (Wildman–Crippen LogP) is 3.75. The number of rotatable bonds is 8. The number of carbonyl (C=O) groups is 3. The molecular formula is C28H28N4O7. The molecule has 0 bridgehead atoms. The fourth-order valence-electron chi connectivity index (χ4n) is 4.60. The molecule has 2 N–H and O–H groups in total. The molecule has 2 aliphatic rings. The van der Waals surface area contributed by atoms with Crippen LogP contribution in [0.5, 0.6) is 0 Å². The third-order valence-electron chi connectivity index (χ3n) is 6.45. The van der Waals surface area contributed by atoms with E-state index in [1.165, 1.54) is 18.2 Å². The number of hydrazone groups is 1. The Kier molecular flexibility index (Phi) is 8.18. The van der Waals surface area contributed by atoms with Crippen molar-refractivity contribution in [1.29, 1.82) is 0 Å². The first-order valence-corrected chi connectivity index (χ1v) is 12.4. The summed E-state index contributed by atoms with van der Waals surface area (Å²) in [5.41, 5.74) is 6.32. The second kappa shape index (κ2) is 11.7. The van der Waals surface area contributed by atoms with Gasteiger partial charge in [-0.2, -0.15) is 5.10 Å². The number of hydrogen-bond donors (Lipinski definition) is 2. The zero-order valence-electron chi connectivity index (χ0n) is 21.8. The number of nitro benzene ring substituents is 1. The molecule has 1 atom stereocenters. The van der Waals surface area contributed by atoms with Crippen LogP contribution in [0.3, 0.4) is 0 Å². The Balaban J connectivity index is 1.60. The van der Waals surface area contributed by atoms with E-state index in [1.54, 1.807) is 39.0 Å². The molecule has 0 saturated carbocycles. The lowest BCUT2D eigenvalue weighted by atomic mass is 9.80. The Labute approximate surface area is 224 Å². The Bertz CT molecular complexity index is 1420. The smallest absolute Gasteiger partial charge is 0.337 e. The fraction of sp³-hybridized carbons (Fsp3) is 0.286. The van der Waals surface area contributed by atoms with Gasteiger partial charge in [-0.3, -0.25) is 14.9 Å². The van der Waals surface area contributed by atoms with E-state index in [0.29, 0.717) is 29.8 Å². The summed E-state index contributed by atoms with van der Waals surface area (Å²) in [5, 5.41) is 18.6. The Hall–Kier alpha value is -4.80. The number of nitrogens with zero attached hydrogens (tertiary/aromatic N) is 2. The highest BCUT2D eigenvalue weighted by atomic mass is 16.6. The highest BCUT2D eigenvalue weighted by molar-refractivity contribution is 6.04. The average molecular weight is 533 g/mol. The van der Waals surface area contributed by atoms with Gasteiger partial charge in [0.05, 0.1) is 34.3 Å². The molecule has 0 aromatic heterocycles. The second-order valence-corrected chi connectivity index (χ2v) is 9.07. The molecule has 2 aromatic rings. The summed E-state index contributed by atoms with van der Waals surface area (Å²) in [5.74, 6) is -2.35. The van der Waals surface area contributed by atoms with Crippen LogP contribution in [0, 0.1) is 10.1 Å². The minimum Gasteiger partial charge on any atom is -0.463 e. The van der Waals surface area contributed by atoms with E-state index in [4.69, 9.17) is 9.47 Å². The predicted molar refractivity (Wildman–Crippen MR) is 141 cm³/mol. The zero-order valence-corrected chi connectivity index (χ0v) is 21.8. The summed E-state index contributed by atoms with van der Waals surface area (Å²) in [6.07, 6.45) is 0.906. The molecule has 2 heterocycles. The Morgan fingerprint density at radius 1 is 1.03 bits per heavy atom. The maximum Gasteiger partial charge on any atom is 0.337 e. The van der Waals surface area contributed by atoms with Crippen LogP contribution in [0.4, 0.5) is 5.69 Å². The molecule has 202 valence electrons. The molecule has 0 radical (unpaired) electrons. The quantitative estimate of drug-likeness (QED) is 0.297. The summed E-state index contributed by atoms with van der Waals surface area (Å²) >= 11 is 0. The first kappa shape index (κ1) is 27.2. The maximum absolute atomic E-state index is 13.5. The van der Waals surface area contributed by atoms with E-state index < -0.39 is 22.8 Å². The molecule has 0 spiro atoms. The lowest BCUT2D eigenvalue weighted by Crippen LogP contribution is -2.32.